The summed E-state index contributed by atoms with van der Waals surface area (Å²) in [5.74, 6) is 0.414. The van der Waals surface area contributed by atoms with Crippen LogP contribution in [0.4, 0.5) is 5.82 Å². The summed E-state index contributed by atoms with van der Waals surface area (Å²) in [7, 11) is 3.41. The third kappa shape index (κ3) is 4.98. The Bertz CT molecular complexity index is 464. The van der Waals surface area contributed by atoms with E-state index in [1.807, 2.05) is 0 Å². The highest BCUT2D eigenvalue weighted by molar-refractivity contribution is 6.33. The monoisotopic (exact) mass is 299 g/mol. The van der Waals surface area contributed by atoms with E-state index >= 15 is 0 Å². The smallest absolute Gasteiger partial charge is 0.253 e. The zero-order chi connectivity index (χ0) is 15.2. The molecule has 20 heavy (non-hydrogen) atoms. The summed E-state index contributed by atoms with van der Waals surface area (Å²) in [6.07, 6.45) is 2.34. The molecule has 1 rings (SSSR count). The predicted molar refractivity (Wildman–Crippen MR) is 81.4 cm³/mol. The summed E-state index contributed by atoms with van der Waals surface area (Å²) in [4.78, 5) is 16.2. The van der Waals surface area contributed by atoms with Crippen LogP contribution in [-0.2, 0) is 4.74 Å². The molecule has 1 aromatic rings. The summed E-state index contributed by atoms with van der Waals surface area (Å²) in [6.45, 7) is 5.39. The fraction of sp³-hybridized carbons (Fsp3) is 0.571. The molecule has 1 heterocycles. The normalized spacial score (nSPS) is 11.2. The number of nitrogens with zero attached hydrogens (tertiary/aromatic N) is 1. The number of anilines is 1. The number of amides is 1. The van der Waals surface area contributed by atoms with Gasteiger partial charge in [-0.25, -0.2) is 4.98 Å². The number of carbonyl (C=O) groups excluding carboxylic acids is 1. The van der Waals surface area contributed by atoms with E-state index in [4.69, 9.17) is 16.3 Å². The van der Waals surface area contributed by atoms with Crippen LogP contribution in [0, 0.1) is 5.41 Å². The summed E-state index contributed by atoms with van der Waals surface area (Å²) >= 11 is 6.01. The number of rotatable bonds is 7. The van der Waals surface area contributed by atoms with Crippen LogP contribution in [0.25, 0.3) is 0 Å². The van der Waals surface area contributed by atoms with Crippen LogP contribution in [0.5, 0.6) is 0 Å². The second kappa shape index (κ2) is 7.45. The van der Waals surface area contributed by atoms with Crippen molar-refractivity contribution in [1.29, 1.82) is 0 Å². The van der Waals surface area contributed by atoms with Crippen LogP contribution in [0.15, 0.2) is 12.3 Å². The fourth-order valence-electron chi connectivity index (χ4n) is 1.63. The fourth-order valence-corrected chi connectivity index (χ4v) is 1.82. The third-order valence-electron chi connectivity index (χ3n) is 3.07. The first-order valence-corrected chi connectivity index (χ1v) is 6.88. The van der Waals surface area contributed by atoms with Gasteiger partial charge in [-0.3, -0.25) is 4.79 Å². The molecule has 0 bridgehead atoms. The van der Waals surface area contributed by atoms with Crippen molar-refractivity contribution in [2.45, 2.75) is 20.3 Å². The molecule has 112 valence electrons. The van der Waals surface area contributed by atoms with Crippen LogP contribution in [0.1, 0.15) is 30.6 Å². The van der Waals surface area contributed by atoms with Crippen LogP contribution in [0.3, 0.4) is 0 Å². The van der Waals surface area contributed by atoms with E-state index in [1.54, 1.807) is 20.2 Å². The molecule has 0 aliphatic carbocycles. The molecular weight excluding hydrogens is 278 g/mol. The maximum Gasteiger partial charge on any atom is 0.253 e. The molecule has 6 heteroatoms. The van der Waals surface area contributed by atoms with Gasteiger partial charge in [-0.15, -0.1) is 0 Å². The lowest BCUT2D eigenvalue weighted by atomic mass is 9.89. The predicted octanol–water partition coefficient (Wildman–Crippen LogP) is 2.57. The van der Waals surface area contributed by atoms with E-state index in [9.17, 15) is 4.79 Å². The van der Waals surface area contributed by atoms with Gasteiger partial charge in [0.2, 0.25) is 0 Å². The van der Waals surface area contributed by atoms with Gasteiger partial charge in [0.25, 0.3) is 5.91 Å². The van der Waals surface area contributed by atoms with Crippen LogP contribution in [0.2, 0.25) is 5.02 Å². The highest BCUT2D eigenvalue weighted by Gasteiger charge is 2.20. The number of carbonyl (C=O) groups is 1. The first-order valence-electron chi connectivity index (χ1n) is 6.50. The Morgan fingerprint density at radius 3 is 2.80 bits per heavy atom. The minimum Gasteiger partial charge on any atom is -0.385 e. The minimum absolute atomic E-state index is 0.0307. The Morgan fingerprint density at radius 1 is 1.50 bits per heavy atom. The molecule has 0 fully saturated rings. The molecule has 1 aromatic heterocycles. The van der Waals surface area contributed by atoms with Gasteiger partial charge in [-0.2, -0.15) is 0 Å². The van der Waals surface area contributed by atoms with Gasteiger partial charge in [0.15, 0.2) is 0 Å². The van der Waals surface area contributed by atoms with Crippen molar-refractivity contribution in [2.24, 2.45) is 5.41 Å². The average molecular weight is 300 g/mol. The maximum atomic E-state index is 12.2. The molecule has 0 spiro atoms. The van der Waals surface area contributed by atoms with Crippen molar-refractivity contribution in [3.8, 4) is 0 Å². The Balaban J connectivity index is 2.67. The second-order valence-corrected chi connectivity index (χ2v) is 5.80. The summed E-state index contributed by atoms with van der Waals surface area (Å²) in [6, 6.07) is 1.64. The number of methoxy groups -OCH3 is 1. The zero-order valence-electron chi connectivity index (χ0n) is 12.4. The number of ether oxygens (including phenoxy) is 1. The van der Waals surface area contributed by atoms with Crippen LogP contribution < -0.4 is 10.6 Å². The lowest BCUT2D eigenvalue weighted by molar-refractivity contribution is 0.0921. The lowest BCUT2D eigenvalue weighted by Crippen LogP contribution is -2.34. The largest absolute Gasteiger partial charge is 0.385 e. The van der Waals surface area contributed by atoms with E-state index < -0.39 is 0 Å². The molecule has 5 nitrogen and oxygen atoms in total. The summed E-state index contributed by atoms with van der Waals surface area (Å²) in [5, 5.41) is 6.13. The van der Waals surface area contributed by atoms with E-state index in [1.165, 1.54) is 6.20 Å². The standard InChI is InChI=1S/C14H22ClN3O2/c1-14(2,5-6-20-4)9-18-13(19)10-7-12(16-3)17-8-11(10)15/h7-8H,5-6,9H2,1-4H3,(H,16,17)(H,18,19). The third-order valence-corrected chi connectivity index (χ3v) is 3.37. The Morgan fingerprint density at radius 2 is 2.20 bits per heavy atom. The van der Waals surface area contributed by atoms with E-state index in [2.05, 4.69) is 29.5 Å². The average Bonchev–Trinajstić information content (AvgIpc) is 2.43. The summed E-state index contributed by atoms with van der Waals surface area (Å²) in [5.41, 5.74) is 0.394. The van der Waals surface area contributed by atoms with Crippen molar-refractivity contribution >= 4 is 23.3 Å². The number of nitrogens with one attached hydrogen (secondary N) is 2. The van der Waals surface area contributed by atoms with Gasteiger partial charge in [0, 0.05) is 33.5 Å². The van der Waals surface area contributed by atoms with Crippen LogP contribution >= 0.6 is 11.6 Å². The molecule has 0 radical (unpaired) electrons. The van der Waals surface area contributed by atoms with Crippen LogP contribution in [-0.4, -0.2) is 38.2 Å². The topological polar surface area (TPSA) is 63.2 Å². The second-order valence-electron chi connectivity index (χ2n) is 5.39. The van der Waals surface area contributed by atoms with Gasteiger partial charge < -0.3 is 15.4 Å². The first-order chi connectivity index (χ1) is 9.39. The SMILES string of the molecule is CNc1cc(C(=O)NCC(C)(C)CCOC)c(Cl)cn1. The molecule has 2 N–H and O–H groups in total. The molecule has 1 amide bonds. The highest BCUT2D eigenvalue weighted by Crippen LogP contribution is 2.21. The number of pyridine rings is 1. The van der Waals surface area contributed by atoms with E-state index in [0.29, 0.717) is 29.6 Å². The lowest BCUT2D eigenvalue weighted by Gasteiger charge is -2.24. The Kier molecular flexibility index (Phi) is 6.23. The van der Waals surface area contributed by atoms with Gasteiger partial charge >= 0.3 is 0 Å². The molecule has 0 saturated carbocycles. The highest BCUT2D eigenvalue weighted by atomic mass is 35.5. The molecular formula is C14H22ClN3O2. The van der Waals surface area contributed by atoms with Crippen molar-refractivity contribution in [1.82, 2.24) is 10.3 Å². The molecule has 0 aliphatic rings. The van der Waals surface area contributed by atoms with Gasteiger partial charge in [-0.05, 0) is 17.9 Å². The Labute approximate surface area is 125 Å². The molecule has 0 aliphatic heterocycles. The number of halogens is 1. The molecule has 0 saturated heterocycles. The van der Waals surface area contributed by atoms with E-state index in [0.717, 1.165) is 6.42 Å². The molecule has 0 unspecified atom stereocenters. The minimum atomic E-state index is -0.195. The maximum absolute atomic E-state index is 12.2. The number of hydrogen-bond acceptors (Lipinski definition) is 4. The van der Waals surface area contributed by atoms with Crippen molar-refractivity contribution in [3.05, 3.63) is 22.8 Å². The van der Waals surface area contributed by atoms with E-state index in [-0.39, 0.29) is 11.3 Å². The van der Waals surface area contributed by atoms with Gasteiger partial charge in [0.05, 0.1) is 10.6 Å². The van der Waals surface area contributed by atoms with Gasteiger partial charge in [-0.1, -0.05) is 25.4 Å². The van der Waals surface area contributed by atoms with Crippen molar-refractivity contribution in [3.63, 3.8) is 0 Å². The number of aromatic nitrogens is 1. The van der Waals surface area contributed by atoms with Crippen molar-refractivity contribution in [2.75, 3.05) is 32.6 Å². The van der Waals surface area contributed by atoms with Crippen molar-refractivity contribution < 1.29 is 9.53 Å². The summed E-state index contributed by atoms with van der Waals surface area (Å²) < 4.78 is 5.07. The molecule has 0 aromatic carbocycles. The molecule has 0 atom stereocenters. The number of hydrogen-bond donors (Lipinski definition) is 2. The quantitative estimate of drug-likeness (QED) is 0.812. The zero-order valence-corrected chi connectivity index (χ0v) is 13.2. The Hall–Kier alpha value is -1.33. The first kappa shape index (κ1) is 16.7. The van der Waals surface area contributed by atoms with Gasteiger partial charge in [0.1, 0.15) is 5.82 Å².